The fourth-order valence-corrected chi connectivity index (χ4v) is 2.37. The second kappa shape index (κ2) is 5.91. The molecule has 0 aliphatic rings. The van der Waals surface area contributed by atoms with Gasteiger partial charge in [0, 0.05) is 5.02 Å². The van der Waals surface area contributed by atoms with Crippen molar-refractivity contribution in [2.24, 2.45) is 5.73 Å². The number of halogens is 2. The highest BCUT2D eigenvalue weighted by Crippen LogP contribution is 2.35. The molecule has 4 N–H and O–H groups in total. The summed E-state index contributed by atoms with van der Waals surface area (Å²) in [6.07, 6.45) is 1.35. The largest absolute Gasteiger partial charge is 0.505 e. The Morgan fingerprint density at radius 3 is 2.78 bits per heavy atom. The van der Waals surface area contributed by atoms with Gasteiger partial charge in [0.25, 0.3) is 0 Å². The van der Waals surface area contributed by atoms with Crippen LogP contribution in [0.1, 0.15) is 26.7 Å². The molecule has 100 valence electrons. The number of rotatable bonds is 4. The van der Waals surface area contributed by atoms with Crippen LogP contribution in [0.15, 0.2) is 16.6 Å². The Hall–Kier alpha value is -0.780. The molecular formula is C12H16BrClN2O2. The Bertz CT molecular complexity index is 464. The van der Waals surface area contributed by atoms with E-state index in [1.54, 1.807) is 13.0 Å². The highest BCUT2D eigenvalue weighted by Gasteiger charge is 2.28. The molecule has 0 radical (unpaired) electrons. The molecule has 0 fully saturated rings. The third-order valence-electron chi connectivity index (χ3n) is 2.56. The maximum absolute atomic E-state index is 12.0. The smallest absolute Gasteiger partial charge is 0.244 e. The fraction of sp³-hybridized carbons (Fsp3) is 0.417. The maximum Gasteiger partial charge on any atom is 0.244 e. The quantitative estimate of drug-likeness (QED) is 0.739. The Labute approximate surface area is 120 Å². The molecule has 18 heavy (non-hydrogen) atoms. The number of phenols is 1. The molecule has 0 spiro atoms. The lowest BCUT2D eigenvalue weighted by Gasteiger charge is -2.23. The molecule has 0 heterocycles. The van der Waals surface area contributed by atoms with E-state index in [4.69, 9.17) is 17.3 Å². The minimum absolute atomic E-state index is 0.0694. The Balaban J connectivity index is 2.95. The molecule has 0 saturated carbocycles. The Morgan fingerprint density at radius 1 is 1.61 bits per heavy atom. The summed E-state index contributed by atoms with van der Waals surface area (Å²) in [4.78, 5) is 12.0. The molecule has 0 aliphatic heterocycles. The summed E-state index contributed by atoms with van der Waals surface area (Å²) in [5, 5.41) is 12.8. The minimum Gasteiger partial charge on any atom is -0.505 e. The number of nitrogens with two attached hydrogens (primary N) is 1. The summed E-state index contributed by atoms with van der Waals surface area (Å²) < 4.78 is 0.416. The van der Waals surface area contributed by atoms with E-state index in [0.29, 0.717) is 15.9 Å². The first-order chi connectivity index (χ1) is 8.27. The first kappa shape index (κ1) is 15.3. The number of carbonyl (C=O) groups excluding carboxylic acids is 1. The molecule has 0 bridgehead atoms. The molecule has 0 aliphatic carbocycles. The lowest BCUT2D eigenvalue weighted by molar-refractivity contribution is -0.120. The van der Waals surface area contributed by atoms with Crippen LogP contribution in [0.5, 0.6) is 5.75 Å². The van der Waals surface area contributed by atoms with Crippen molar-refractivity contribution < 1.29 is 9.90 Å². The van der Waals surface area contributed by atoms with Crippen LogP contribution < -0.4 is 11.1 Å². The zero-order chi connectivity index (χ0) is 13.9. The van der Waals surface area contributed by atoms with E-state index < -0.39 is 5.54 Å². The minimum atomic E-state index is -0.976. The number of anilines is 1. The average Bonchev–Trinajstić information content (AvgIpc) is 2.25. The predicted molar refractivity (Wildman–Crippen MR) is 76.9 cm³/mol. The first-order valence-corrected chi connectivity index (χ1v) is 6.73. The summed E-state index contributed by atoms with van der Waals surface area (Å²) in [5.74, 6) is -0.422. The SMILES string of the molecule is CCCC(C)(N)C(=O)Nc1cc(Cl)cc(Br)c1O. The Morgan fingerprint density at radius 2 is 2.22 bits per heavy atom. The van der Waals surface area contributed by atoms with Gasteiger partial charge < -0.3 is 16.2 Å². The summed E-state index contributed by atoms with van der Waals surface area (Å²) in [6.45, 7) is 3.61. The van der Waals surface area contributed by atoms with E-state index in [0.717, 1.165) is 6.42 Å². The van der Waals surface area contributed by atoms with Gasteiger partial charge in [0.05, 0.1) is 15.7 Å². The summed E-state index contributed by atoms with van der Waals surface area (Å²) in [5.41, 5.74) is 5.17. The molecule has 0 aromatic heterocycles. The molecule has 1 aromatic rings. The standard InChI is InChI=1S/C12H16BrClN2O2/c1-3-4-12(2,15)11(18)16-9-6-7(14)5-8(13)10(9)17/h5-6,17H,3-4,15H2,1-2H3,(H,16,18). The van der Waals surface area contributed by atoms with Gasteiger partial charge in [0.2, 0.25) is 5.91 Å². The predicted octanol–water partition coefficient (Wildman–Crippen LogP) is 3.26. The molecule has 1 amide bonds. The van der Waals surface area contributed by atoms with Crippen molar-refractivity contribution in [1.82, 2.24) is 0 Å². The molecule has 1 aromatic carbocycles. The Kier molecular flexibility index (Phi) is 5.01. The van der Waals surface area contributed by atoms with Crippen LogP contribution in [-0.2, 0) is 4.79 Å². The van der Waals surface area contributed by atoms with E-state index >= 15 is 0 Å². The molecule has 1 unspecified atom stereocenters. The topological polar surface area (TPSA) is 75.4 Å². The van der Waals surface area contributed by atoms with Gasteiger partial charge in [-0.3, -0.25) is 4.79 Å². The molecule has 1 atom stereocenters. The van der Waals surface area contributed by atoms with Crippen LogP contribution >= 0.6 is 27.5 Å². The number of benzene rings is 1. The van der Waals surface area contributed by atoms with Gasteiger partial charge in [-0.25, -0.2) is 0 Å². The number of phenolic OH excluding ortho intramolecular Hbond substituents is 1. The number of hydrogen-bond donors (Lipinski definition) is 3. The number of carbonyl (C=O) groups is 1. The van der Waals surface area contributed by atoms with Crippen LogP contribution in [0, 0.1) is 0 Å². The summed E-state index contributed by atoms with van der Waals surface area (Å²) in [6, 6.07) is 3.02. The molecule has 4 nitrogen and oxygen atoms in total. The molecule has 0 saturated heterocycles. The van der Waals surface area contributed by atoms with E-state index in [-0.39, 0.29) is 17.3 Å². The van der Waals surface area contributed by atoms with Crippen LogP contribution in [0.4, 0.5) is 5.69 Å². The van der Waals surface area contributed by atoms with Crippen molar-refractivity contribution in [3.8, 4) is 5.75 Å². The number of amides is 1. The van der Waals surface area contributed by atoms with Crippen LogP contribution in [-0.4, -0.2) is 16.6 Å². The van der Waals surface area contributed by atoms with Gasteiger partial charge in [0.15, 0.2) is 5.75 Å². The van der Waals surface area contributed by atoms with Crippen molar-refractivity contribution in [2.75, 3.05) is 5.32 Å². The zero-order valence-corrected chi connectivity index (χ0v) is 12.6. The van der Waals surface area contributed by atoms with Gasteiger partial charge in [-0.15, -0.1) is 0 Å². The molecule has 1 rings (SSSR count). The van der Waals surface area contributed by atoms with Crippen molar-refractivity contribution in [3.63, 3.8) is 0 Å². The van der Waals surface area contributed by atoms with Crippen molar-refractivity contribution in [3.05, 3.63) is 21.6 Å². The van der Waals surface area contributed by atoms with Crippen molar-refractivity contribution in [2.45, 2.75) is 32.2 Å². The van der Waals surface area contributed by atoms with E-state index in [1.807, 2.05) is 6.92 Å². The van der Waals surface area contributed by atoms with Gasteiger partial charge in [-0.2, -0.15) is 0 Å². The van der Waals surface area contributed by atoms with Crippen LogP contribution in [0.3, 0.4) is 0 Å². The van der Waals surface area contributed by atoms with E-state index in [9.17, 15) is 9.90 Å². The number of hydrogen-bond acceptors (Lipinski definition) is 3. The molecule has 6 heteroatoms. The highest BCUT2D eigenvalue weighted by atomic mass is 79.9. The van der Waals surface area contributed by atoms with Gasteiger partial charge in [-0.1, -0.05) is 24.9 Å². The molecular weight excluding hydrogens is 320 g/mol. The van der Waals surface area contributed by atoms with Crippen LogP contribution in [0.25, 0.3) is 0 Å². The number of aromatic hydroxyl groups is 1. The number of nitrogens with one attached hydrogen (secondary N) is 1. The second-order valence-corrected chi connectivity index (χ2v) is 5.70. The lowest BCUT2D eigenvalue weighted by Crippen LogP contribution is -2.48. The zero-order valence-electron chi connectivity index (χ0n) is 10.3. The average molecular weight is 336 g/mol. The van der Waals surface area contributed by atoms with E-state index in [1.165, 1.54) is 6.07 Å². The third kappa shape index (κ3) is 3.60. The second-order valence-electron chi connectivity index (χ2n) is 4.41. The normalized spacial score (nSPS) is 14.1. The summed E-state index contributed by atoms with van der Waals surface area (Å²) in [7, 11) is 0. The van der Waals surface area contributed by atoms with Crippen molar-refractivity contribution >= 4 is 39.1 Å². The summed E-state index contributed by atoms with van der Waals surface area (Å²) >= 11 is 9.01. The van der Waals surface area contributed by atoms with Gasteiger partial charge >= 0.3 is 0 Å². The first-order valence-electron chi connectivity index (χ1n) is 5.56. The van der Waals surface area contributed by atoms with Gasteiger partial charge in [-0.05, 0) is 41.4 Å². The maximum atomic E-state index is 12.0. The van der Waals surface area contributed by atoms with E-state index in [2.05, 4.69) is 21.2 Å². The van der Waals surface area contributed by atoms with Crippen molar-refractivity contribution in [1.29, 1.82) is 0 Å². The van der Waals surface area contributed by atoms with Gasteiger partial charge in [0.1, 0.15) is 0 Å². The fourth-order valence-electron chi connectivity index (χ4n) is 1.56. The third-order valence-corrected chi connectivity index (χ3v) is 3.39. The van der Waals surface area contributed by atoms with Crippen LogP contribution in [0.2, 0.25) is 5.02 Å². The highest BCUT2D eigenvalue weighted by molar-refractivity contribution is 9.10. The lowest BCUT2D eigenvalue weighted by atomic mass is 9.96. The monoisotopic (exact) mass is 334 g/mol.